The van der Waals surface area contributed by atoms with Crippen molar-refractivity contribution in [1.29, 1.82) is 0 Å². The number of aliphatic imine (C=N–C) groups is 1. The topological polar surface area (TPSA) is 45.7 Å². The van der Waals surface area contributed by atoms with E-state index in [1.54, 1.807) is 7.11 Å². The zero-order chi connectivity index (χ0) is 14.8. The number of guanidine groups is 1. The minimum Gasteiger partial charge on any atom is -0.385 e. The lowest BCUT2D eigenvalue weighted by Crippen LogP contribution is -2.40. The van der Waals surface area contributed by atoms with Crippen LogP contribution in [0.3, 0.4) is 0 Å². The van der Waals surface area contributed by atoms with Gasteiger partial charge in [-0.25, -0.2) is 0 Å². The van der Waals surface area contributed by atoms with Gasteiger partial charge in [0.25, 0.3) is 0 Å². The van der Waals surface area contributed by atoms with Gasteiger partial charge in [-0.3, -0.25) is 4.99 Å². The highest BCUT2D eigenvalue weighted by Gasteiger charge is 2.36. The molecule has 0 amide bonds. The van der Waals surface area contributed by atoms with Crippen LogP contribution in [0.1, 0.15) is 52.9 Å². The van der Waals surface area contributed by atoms with E-state index in [4.69, 9.17) is 9.73 Å². The number of nitrogens with zero attached hydrogens (tertiary/aromatic N) is 1. The van der Waals surface area contributed by atoms with Gasteiger partial charge in [0.15, 0.2) is 5.96 Å². The van der Waals surface area contributed by atoms with Crippen molar-refractivity contribution in [2.45, 2.75) is 52.9 Å². The minimum absolute atomic E-state index is 0.399. The van der Waals surface area contributed by atoms with Gasteiger partial charge in [0.05, 0.1) is 0 Å². The minimum atomic E-state index is 0.399. The molecule has 1 fully saturated rings. The standard InChI is InChI=1S/C16H33N3O/c1-5-17-15(18-11-7-14(2)3)19-13-16(8-6-9-16)10-12-20-4/h14H,5-13H2,1-4H3,(H2,17,18,19). The fraction of sp³-hybridized carbons (Fsp3) is 0.938. The van der Waals surface area contributed by atoms with Gasteiger partial charge in [0, 0.05) is 33.4 Å². The highest BCUT2D eigenvalue weighted by Crippen LogP contribution is 2.44. The number of hydrogen-bond acceptors (Lipinski definition) is 2. The number of rotatable bonds is 9. The van der Waals surface area contributed by atoms with Crippen LogP contribution >= 0.6 is 0 Å². The molecule has 0 saturated heterocycles. The normalized spacial score (nSPS) is 17.9. The van der Waals surface area contributed by atoms with Crippen LogP contribution in [0, 0.1) is 11.3 Å². The summed E-state index contributed by atoms with van der Waals surface area (Å²) in [5.74, 6) is 1.70. The van der Waals surface area contributed by atoms with Crippen molar-refractivity contribution in [2.75, 3.05) is 33.4 Å². The Bertz CT molecular complexity index is 285. The largest absolute Gasteiger partial charge is 0.385 e. The lowest BCUT2D eigenvalue weighted by atomic mass is 9.67. The molecule has 1 saturated carbocycles. The van der Waals surface area contributed by atoms with Gasteiger partial charge in [-0.2, -0.15) is 0 Å². The summed E-state index contributed by atoms with van der Waals surface area (Å²) < 4.78 is 5.24. The lowest BCUT2D eigenvalue weighted by molar-refractivity contribution is 0.0778. The van der Waals surface area contributed by atoms with Crippen LogP contribution < -0.4 is 10.6 Å². The van der Waals surface area contributed by atoms with Gasteiger partial charge in [-0.1, -0.05) is 20.3 Å². The number of hydrogen-bond donors (Lipinski definition) is 2. The summed E-state index contributed by atoms with van der Waals surface area (Å²) in [7, 11) is 1.78. The molecule has 2 N–H and O–H groups in total. The molecule has 0 heterocycles. The summed E-state index contributed by atoms with van der Waals surface area (Å²) in [6.07, 6.45) is 6.25. The third kappa shape index (κ3) is 6.12. The molecule has 0 aromatic rings. The highest BCUT2D eigenvalue weighted by atomic mass is 16.5. The molecular weight excluding hydrogens is 250 g/mol. The predicted octanol–water partition coefficient (Wildman–Crippen LogP) is 2.79. The summed E-state index contributed by atoms with van der Waals surface area (Å²) in [6, 6.07) is 0. The molecule has 4 heteroatoms. The maximum absolute atomic E-state index is 5.24. The van der Waals surface area contributed by atoms with Crippen LogP contribution in [0.15, 0.2) is 4.99 Å². The number of methoxy groups -OCH3 is 1. The van der Waals surface area contributed by atoms with Crippen molar-refractivity contribution in [2.24, 2.45) is 16.3 Å². The van der Waals surface area contributed by atoms with Crippen LogP contribution in [-0.2, 0) is 4.74 Å². The molecule has 4 nitrogen and oxygen atoms in total. The quantitative estimate of drug-likeness (QED) is 0.505. The van der Waals surface area contributed by atoms with Crippen molar-refractivity contribution in [3.63, 3.8) is 0 Å². The fourth-order valence-corrected chi connectivity index (χ4v) is 2.55. The maximum atomic E-state index is 5.24. The van der Waals surface area contributed by atoms with Gasteiger partial charge in [-0.05, 0) is 43.9 Å². The Hall–Kier alpha value is -0.770. The average molecular weight is 283 g/mol. The molecular formula is C16H33N3O. The molecule has 0 unspecified atom stereocenters. The summed E-state index contributed by atoms with van der Waals surface area (Å²) >= 11 is 0. The van der Waals surface area contributed by atoms with E-state index in [-0.39, 0.29) is 0 Å². The van der Waals surface area contributed by atoms with Gasteiger partial charge < -0.3 is 15.4 Å². The molecule has 0 radical (unpaired) electrons. The smallest absolute Gasteiger partial charge is 0.191 e. The second kappa shape index (κ2) is 9.22. The van der Waals surface area contributed by atoms with Gasteiger partial charge in [0.2, 0.25) is 0 Å². The first kappa shape index (κ1) is 17.3. The third-order valence-electron chi connectivity index (χ3n) is 4.18. The molecule has 0 aliphatic heterocycles. The van der Waals surface area contributed by atoms with E-state index in [9.17, 15) is 0 Å². The monoisotopic (exact) mass is 283 g/mol. The van der Waals surface area contributed by atoms with Gasteiger partial charge in [0.1, 0.15) is 0 Å². The molecule has 1 aliphatic rings. The average Bonchev–Trinajstić information content (AvgIpc) is 2.36. The zero-order valence-corrected chi connectivity index (χ0v) is 13.8. The predicted molar refractivity (Wildman–Crippen MR) is 86.2 cm³/mol. The second-order valence-electron chi connectivity index (χ2n) is 6.40. The van der Waals surface area contributed by atoms with Crippen molar-refractivity contribution in [3.05, 3.63) is 0 Å². The Labute approximate surface area is 124 Å². The molecule has 0 spiro atoms. The lowest BCUT2D eigenvalue weighted by Gasteiger charge is -2.40. The third-order valence-corrected chi connectivity index (χ3v) is 4.18. The van der Waals surface area contributed by atoms with Crippen LogP contribution in [-0.4, -0.2) is 39.3 Å². The zero-order valence-electron chi connectivity index (χ0n) is 13.8. The molecule has 0 aromatic carbocycles. The number of nitrogens with one attached hydrogen (secondary N) is 2. The van der Waals surface area contributed by atoms with E-state index in [0.717, 1.165) is 44.5 Å². The van der Waals surface area contributed by atoms with Crippen LogP contribution in [0.25, 0.3) is 0 Å². The summed E-state index contributed by atoms with van der Waals surface area (Å²) in [5, 5.41) is 6.78. The molecule has 1 rings (SSSR count). The Morgan fingerprint density at radius 1 is 1.30 bits per heavy atom. The van der Waals surface area contributed by atoms with Gasteiger partial charge >= 0.3 is 0 Å². The molecule has 0 bridgehead atoms. The summed E-state index contributed by atoms with van der Waals surface area (Å²) in [5.41, 5.74) is 0.399. The SMILES string of the molecule is CCNC(=NCC1(CCOC)CCC1)NCCC(C)C. The van der Waals surface area contributed by atoms with E-state index in [1.165, 1.54) is 25.7 Å². The Morgan fingerprint density at radius 3 is 2.55 bits per heavy atom. The Morgan fingerprint density at radius 2 is 2.05 bits per heavy atom. The molecule has 118 valence electrons. The fourth-order valence-electron chi connectivity index (χ4n) is 2.55. The van der Waals surface area contributed by atoms with Crippen molar-refractivity contribution < 1.29 is 4.74 Å². The van der Waals surface area contributed by atoms with Crippen LogP contribution in [0.4, 0.5) is 0 Å². The summed E-state index contributed by atoms with van der Waals surface area (Å²) in [6.45, 7) is 10.3. The van der Waals surface area contributed by atoms with E-state index in [2.05, 4.69) is 31.4 Å². The van der Waals surface area contributed by atoms with Crippen molar-refractivity contribution >= 4 is 5.96 Å². The Balaban J connectivity index is 2.43. The van der Waals surface area contributed by atoms with E-state index < -0.39 is 0 Å². The molecule has 0 atom stereocenters. The Kier molecular flexibility index (Phi) is 7.97. The molecule has 0 aromatic heterocycles. The van der Waals surface area contributed by atoms with Gasteiger partial charge in [-0.15, -0.1) is 0 Å². The first-order valence-corrected chi connectivity index (χ1v) is 8.13. The number of ether oxygens (including phenoxy) is 1. The van der Waals surface area contributed by atoms with E-state index >= 15 is 0 Å². The van der Waals surface area contributed by atoms with E-state index in [1.807, 2.05) is 0 Å². The van der Waals surface area contributed by atoms with Crippen LogP contribution in [0.2, 0.25) is 0 Å². The van der Waals surface area contributed by atoms with Crippen molar-refractivity contribution in [3.8, 4) is 0 Å². The first-order valence-electron chi connectivity index (χ1n) is 8.13. The van der Waals surface area contributed by atoms with Crippen LogP contribution in [0.5, 0.6) is 0 Å². The maximum Gasteiger partial charge on any atom is 0.191 e. The molecule has 1 aliphatic carbocycles. The highest BCUT2D eigenvalue weighted by molar-refractivity contribution is 5.79. The second-order valence-corrected chi connectivity index (χ2v) is 6.40. The van der Waals surface area contributed by atoms with E-state index in [0.29, 0.717) is 5.41 Å². The summed E-state index contributed by atoms with van der Waals surface area (Å²) in [4.78, 5) is 4.80. The van der Waals surface area contributed by atoms with Crippen molar-refractivity contribution in [1.82, 2.24) is 10.6 Å². The molecule has 20 heavy (non-hydrogen) atoms. The first-order chi connectivity index (χ1) is 9.62.